The van der Waals surface area contributed by atoms with Gasteiger partial charge in [-0.15, -0.1) is 0 Å². The van der Waals surface area contributed by atoms with Crippen LogP contribution in [0.3, 0.4) is 0 Å². The molecule has 14 heavy (non-hydrogen) atoms. The van der Waals surface area contributed by atoms with Crippen LogP contribution in [0.2, 0.25) is 0 Å². The van der Waals surface area contributed by atoms with Gasteiger partial charge in [0.15, 0.2) is 0 Å². The Kier molecular flexibility index (Phi) is 2.11. The number of rotatable bonds is 0. The zero-order valence-electron chi connectivity index (χ0n) is 7.51. The van der Waals surface area contributed by atoms with Crippen molar-refractivity contribution in [2.45, 2.75) is 0 Å². The van der Waals surface area contributed by atoms with E-state index < -0.39 is 5.95 Å². The van der Waals surface area contributed by atoms with Crippen molar-refractivity contribution in [3.8, 4) is 0 Å². The minimum Gasteiger partial charge on any atom is -0.481 e. The summed E-state index contributed by atoms with van der Waals surface area (Å²) in [5.41, 5.74) is 0.987. The van der Waals surface area contributed by atoms with E-state index in [0.717, 1.165) is 10.8 Å². The van der Waals surface area contributed by atoms with Gasteiger partial charge in [-0.3, -0.25) is 0 Å². The molecule has 2 N–H and O–H groups in total. The smallest absolute Gasteiger partial charge is 0.282 e. The minimum absolute atomic E-state index is 0.457. The quantitative estimate of drug-likeness (QED) is 0.638. The summed E-state index contributed by atoms with van der Waals surface area (Å²) in [5, 5.41) is 19.4. The molecule has 70 valence electrons. The largest absolute Gasteiger partial charge is 0.481 e. The second-order valence-electron chi connectivity index (χ2n) is 3.04. The van der Waals surface area contributed by atoms with Crippen LogP contribution in [-0.2, 0) is 0 Å². The molecular formula is C12H10O2. The second kappa shape index (κ2) is 3.42. The van der Waals surface area contributed by atoms with Crippen LogP contribution in [0.25, 0.3) is 11.5 Å². The van der Waals surface area contributed by atoms with Crippen molar-refractivity contribution in [2.75, 3.05) is 0 Å². The molecule has 0 fully saturated rings. The van der Waals surface area contributed by atoms with Gasteiger partial charge in [-0.2, -0.15) is 0 Å². The molecule has 1 aliphatic rings. The predicted octanol–water partition coefficient (Wildman–Crippen LogP) is 1.15. The standard InChI is InChI=1S/C12H10O2/c13-12(14)11-8-4-3-7-10(11)9-5-1-2-6-9/h1-8,13-14H. The maximum Gasteiger partial charge on any atom is 0.282 e. The van der Waals surface area contributed by atoms with Crippen molar-refractivity contribution >= 4 is 11.5 Å². The van der Waals surface area contributed by atoms with Gasteiger partial charge in [0.25, 0.3) is 5.95 Å². The molecule has 0 aromatic heterocycles. The predicted molar refractivity (Wildman–Crippen MR) is 56.0 cm³/mol. The molecule has 0 spiro atoms. The van der Waals surface area contributed by atoms with E-state index in [1.807, 2.05) is 36.4 Å². The molecule has 1 aromatic carbocycles. The van der Waals surface area contributed by atoms with Crippen LogP contribution >= 0.6 is 0 Å². The third-order valence-corrected chi connectivity index (χ3v) is 2.14. The van der Waals surface area contributed by atoms with Gasteiger partial charge in [0.05, 0.1) is 5.22 Å². The molecule has 1 aliphatic carbocycles. The topological polar surface area (TPSA) is 40.5 Å². The summed E-state index contributed by atoms with van der Waals surface area (Å²) in [7, 11) is 0. The molecule has 0 saturated carbocycles. The molecule has 0 bridgehead atoms. The Bertz CT molecular complexity index is 503. The summed E-state index contributed by atoms with van der Waals surface area (Å²) in [6.45, 7) is 0. The Morgan fingerprint density at radius 3 is 2.21 bits per heavy atom. The van der Waals surface area contributed by atoms with E-state index in [9.17, 15) is 0 Å². The first-order valence-corrected chi connectivity index (χ1v) is 4.35. The molecule has 2 heteroatoms. The molecule has 0 unspecified atom stereocenters. The Hall–Kier alpha value is -1.96. The van der Waals surface area contributed by atoms with Gasteiger partial charge in [-0.05, 0) is 16.9 Å². The monoisotopic (exact) mass is 186 g/mol. The van der Waals surface area contributed by atoms with E-state index in [1.54, 1.807) is 12.1 Å². The molecule has 0 heterocycles. The first-order chi connectivity index (χ1) is 6.79. The molecule has 1 aromatic rings. The average Bonchev–Trinajstić information content (AvgIpc) is 2.70. The van der Waals surface area contributed by atoms with Gasteiger partial charge in [-0.25, -0.2) is 0 Å². The summed E-state index contributed by atoms with van der Waals surface area (Å²) < 4.78 is 0. The van der Waals surface area contributed by atoms with E-state index >= 15 is 0 Å². The number of aliphatic hydroxyl groups is 2. The SMILES string of the molecule is OC(O)=c1ccccc1=C1C=CC=C1. The van der Waals surface area contributed by atoms with E-state index in [2.05, 4.69) is 0 Å². The van der Waals surface area contributed by atoms with Crippen molar-refractivity contribution in [3.63, 3.8) is 0 Å². The fraction of sp³-hybridized carbons (Fsp3) is 0. The van der Waals surface area contributed by atoms with Crippen LogP contribution in [0.5, 0.6) is 0 Å². The summed E-state index contributed by atoms with van der Waals surface area (Å²) >= 11 is 0. The molecule has 0 amide bonds. The van der Waals surface area contributed by atoms with Crippen LogP contribution in [0.4, 0.5) is 0 Å². The summed E-state index contributed by atoms with van der Waals surface area (Å²) in [6, 6.07) is 7.18. The van der Waals surface area contributed by atoms with E-state index in [4.69, 9.17) is 10.2 Å². The molecule has 0 aliphatic heterocycles. The van der Waals surface area contributed by atoms with Crippen molar-refractivity contribution in [1.82, 2.24) is 0 Å². The number of allylic oxidation sites excluding steroid dienone is 4. The molecular weight excluding hydrogens is 176 g/mol. The lowest BCUT2D eigenvalue weighted by Crippen LogP contribution is -2.28. The van der Waals surface area contributed by atoms with Gasteiger partial charge < -0.3 is 10.2 Å². The third kappa shape index (κ3) is 1.42. The first-order valence-electron chi connectivity index (χ1n) is 4.35. The molecule has 2 nitrogen and oxygen atoms in total. The van der Waals surface area contributed by atoms with Gasteiger partial charge in [-0.1, -0.05) is 42.5 Å². The summed E-state index contributed by atoms with van der Waals surface area (Å²) in [5.74, 6) is -0.637. The number of aliphatic hydroxyl groups excluding tert-OH is 1. The van der Waals surface area contributed by atoms with Crippen molar-refractivity contribution in [1.29, 1.82) is 0 Å². The van der Waals surface area contributed by atoms with Gasteiger partial charge in [0.2, 0.25) is 0 Å². The minimum atomic E-state index is -0.637. The van der Waals surface area contributed by atoms with E-state index in [0.29, 0.717) is 5.22 Å². The van der Waals surface area contributed by atoms with Crippen LogP contribution in [0.1, 0.15) is 0 Å². The van der Waals surface area contributed by atoms with Gasteiger partial charge >= 0.3 is 0 Å². The maximum absolute atomic E-state index is 9.08. The van der Waals surface area contributed by atoms with Gasteiger partial charge in [0.1, 0.15) is 0 Å². The third-order valence-electron chi connectivity index (χ3n) is 2.14. The molecule has 0 radical (unpaired) electrons. The maximum atomic E-state index is 9.08. The average molecular weight is 186 g/mol. The normalized spacial score (nSPS) is 13.6. The van der Waals surface area contributed by atoms with Crippen molar-refractivity contribution < 1.29 is 10.2 Å². The zero-order valence-corrected chi connectivity index (χ0v) is 7.51. The van der Waals surface area contributed by atoms with Crippen LogP contribution in [0.15, 0.2) is 48.6 Å². The Labute approximate surface area is 81.4 Å². The highest BCUT2D eigenvalue weighted by Gasteiger charge is 1.97. The van der Waals surface area contributed by atoms with E-state index in [-0.39, 0.29) is 0 Å². The number of hydrogen-bond donors (Lipinski definition) is 2. The fourth-order valence-corrected chi connectivity index (χ4v) is 1.48. The summed E-state index contributed by atoms with van der Waals surface area (Å²) in [4.78, 5) is 0. The fourth-order valence-electron chi connectivity index (χ4n) is 1.48. The first kappa shape index (κ1) is 8.63. The van der Waals surface area contributed by atoms with Crippen LogP contribution in [0, 0.1) is 0 Å². The molecule has 2 rings (SSSR count). The number of benzene rings is 1. The van der Waals surface area contributed by atoms with Crippen LogP contribution < -0.4 is 10.4 Å². The highest BCUT2D eigenvalue weighted by atomic mass is 16.5. The Morgan fingerprint density at radius 1 is 0.929 bits per heavy atom. The summed E-state index contributed by atoms with van der Waals surface area (Å²) in [6.07, 6.45) is 7.70. The van der Waals surface area contributed by atoms with Crippen molar-refractivity contribution in [2.24, 2.45) is 0 Å². The molecule has 0 atom stereocenters. The Balaban J connectivity index is 2.90. The highest BCUT2D eigenvalue weighted by Crippen LogP contribution is 2.04. The lowest BCUT2D eigenvalue weighted by atomic mass is 10.1. The number of hydrogen-bond acceptors (Lipinski definition) is 2. The lowest BCUT2D eigenvalue weighted by molar-refractivity contribution is 0.298. The van der Waals surface area contributed by atoms with Gasteiger partial charge in [0, 0.05) is 0 Å². The van der Waals surface area contributed by atoms with E-state index in [1.165, 1.54) is 0 Å². The van der Waals surface area contributed by atoms with Crippen molar-refractivity contribution in [3.05, 3.63) is 59.0 Å². The Morgan fingerprint density at radius 2 is 1.57 bits per heavy atom. The highest BCUT2D eigenvalue weighted by molar-refractivity contribution is 5.71. The zero-order chi connectivity index (χ0) is 9.97. The molecule has 0 saturated heterocycles. The lowest BCUT2D eigenvalue weighted by Gasteiger charge is -1.94. The second-order valence-corrected chi connectivity index (χ2v) is 3.04. The van der Waals surface area contributed by atoms with Crippen LogP contribution in [-0.4, -0.2) is 10.2 Å².